The number of hydrogen-bond donors (Lipinski definition) is 0. The summed E-state index contributed by atoms with van der Waals surface area (Å²) >= 11 is 0. The van der Waals surface area contributed by atoms with E-state index in [0.29, 0.717) is 0 Å². The van der Waals surface area contributed by atoms with E-state index in [1.807, 2.05) is 12.2 Å². The zero-order valence-electron chi connectivity index (χ0n) is 14.8. The predicted molar refractivity (Wildman–Crippen MR) is 112 cm³/mol. The molecule has 0 fully saturated rings. The molecular formula is C26H18O. The van der Waals surface area contributed by atoms with Gasteiger partial charge in [-0.05, 0) is 57.0 Å². The van der Waals surface area contributed by atoms with Gasteiger partial charge in [0.1, 0.15) is 0 Å². The van der Waals surface area contributed by atoms with Crippen LogP contribution in [0.4, 0.5) is 0 Å². The summed E-state index contributed by atoms with van der Waals surface area (Å²) in [5.41, 5.74) is 1.88. The molecule has 0 atom stereocenters. The lowest BCUT2D eigenvalue weighted by Crippen LogP contribution is -2.25. The maximum Gasteiger partial charge on any atom is 0.178 e. The first-order valence-corrected chi connectivity index (χ1v) is 9.16. The highest BCUT2D eigenvalue weighted by molar-refractivity contribution is 6.01. The van der Waals surface area contributed by atoms with Crippen LogP contribution in [0.25, 0.3) is 21.5 Å². The number of rotatable bonds is 2. The second-order valence-corrected chi connectivity index (χ2v) is 7.06. The molecule has 0 saturated carbocycles. The van der Waals surface area contributed by atoms with Crippen molar-refractivity contribution in [3.05, 3.63) is 120 Å². The predicted octanol–water partition coefficient (Wildman–Crippen LogP) is 5.97. The molecule has 128 valence electrons. The molecule has 4 aromatic rings. The van der Waals surface area contributed by atoms with Crippen LogP contribution in [0, 0.1) is 0 Å². The van der Waals surface area contributed by atoms with Crippen LogP contribution in [0.3, 0.4) is 0 Å². The minimum absolute atomic E-state index is 0.0344. The number of fused-ring (bicyclic) bond motifs is 2. The van der Waals surface area contributed by atoms with Gasteiger partial charge in [0, 0.05) is 0 Å². The van der Waals surface area contributed by atoms with Crippen molar-refractivity contribution in [1.29, 1.82) is 0 Å². The molecule has 0 spiro atoms. The molecule has 1 heteroatoms. The fraction of sp³-hybridized carbons (Fsp3) is 0.0385. The van der Waals surface area contributed by atoms with Gasteiger partial charge in [-0.3, -0.25) is 4.79 Å². The normalized spacial score (nSPS) is 15.5. The fourth-order valence-corrected chi connectivity index (χ4v) is 3.98. The third kappa shape index (κ3) is 2.60. The van der Waals surface area contributed by atoms with Crippen LogP contribution in [-0.2, 0) is 10.2 Å². The highest BCUT2D eigenvalue weighted by atomic mass is 16.1. The number of hydrogen-bond acceptors (Lipinski definition) is 1. The minimum Gasteiger partial charge on any atom is -0.290 e. The summed E-state index contributed by atoms with van der Waals surface area (Å²) < 4.78 is 0. The molecule has 1 aliphatic rings. The van der Waals surface area contributed by atoms with Crippen LogP contribution >= 0.6 is 0 Å². The molecule has 0 N–H and O–H groups in total. The summed E-state index contributed by atoms with van der Waals surface area (Å²) in [6.45, 7) is 0. The van der Waals surface area contributed by atoms with E-state index in [-0.39, 0.29) is 5.78 Å². The van der Waals surface area contributed by atoms with E-state index >= 15 is 0 Å². The van der Waals surface area contributed by atoms with Gasteiger partial charge in [-0.1, -0.05) is 84.9 Å². The van der Waals surface area contributed by atoms with E-state index in [0.717, 1.165) is 11.1 Å². The Hall–Kier alpha value is -3.45. The summed E-state index contributed by atoms with van der Waals surface area (Å²) in [4.78, 5) is 11.9. The van der Waals surface area contributed by atoms with Crippen molar-refractivity contribution in [3.63, 3.8) is 0 Å². The van der Waals surface area contributed by atoms with Crippen molar-refractivity contribution in [2.24, 2.45) is 0 Å². The number of ketones is 1. The second-order valence-electron chi connectivity index (χ2n) is 7.06. The number of benzene rings is 4. The monoisotopic (exact) mass is 346 g/mol. The molecule has 0 unspecified atom stereocenters. The van der Waals surface area contributed by atoms with E-state index in [9.17, 15) is 4.79 Å². The minimum atomic E-state index is -0.442. The van der Waals surface area contributed by atoms with Gasteiger partial charge in [0.05, 0.1) is 5.41 Å². The maximum absolute atomic E-state index is 11.9. The van der Waals surface area contributed by atoms with Gasteiger partial charge >= 0.3 is 0 Å². The van der Waals surface area contributed by atoms with Gasteiger partial charge in [-0.15, -0.1) is 0 Å². The van der Waals surface area contributed by atoms with Crippen molar-refractivity contribution in [1.82, 2.24) is 0 Å². The van der Waals surface area contributed by atoms with Crippen molar-refractivity contribution in [3.8, 4) is 0 Å². The number of allylic oxidation sites excluding steroid dienone is 4. The zero-order chi connectivity index (χ0) is 18.3. The second kappa shape index (κ2) is 6.07. The Bertz CT molecular complexity index is 1150. The quantitative estimate of drug-likeness (QED) is 0.437. The Morgan fingerprint density at radius 2 is 0.963 bits per heavy atom. The standard InChI is InChI=1S/C26H18O/c27-25-13-15-26(16-14-25,23-11-9-19-5-1-3-7-21(19)17-23)24-12-10-20-6-2-4-8-22(20)18-24/h1-18H. The zero-order valence-corrected chi connectivity index (χ0v) is 14.8. The molecular weight excluding hydrogens is 328 g/mol. The molecule has 5 rings (SSSR count). The largest absolute Gasteiger partial charge is 0.290 e. The third-order valence-corrected chi connectivity index (χ3v) is 5.48. The first-order valence-electron chi connectivity index (χ1n) is 9.16. The summed E-state index contributed by atoms with van der Waals surface area (Å²) in [5, 5.41) is 4.84. The Morgan fingerprint density at radius 1 is 0.519 bits per heavy atom. The van der Waals surface area contributed by atoms with Gasteiger partial charge < -0.3 is 0 Å². The van der Waals surface area contributed by atoms with Crippen molar-refractivity contribution >= 4 is 27.3 Å². The van der Waals surface area contributed by atoms with Crippen molar-refractivity contribution < 1.29 is 4.79 Å². The van der Waals surface area contributed by atoms with E-state index < -0.39 is 5.41 Å². The van der Waals surface area contributed by atoms with Crippen LogP contribution in [0.1, 0.15) is 11.1 Å². The van der Waals surface area contributed by atoms with Crippen LogP contribution in [0.2, 0.25) is 0 Å². The average molecular weight is 346 g/mol. The molecule has 0 radical (unpaired) electrons. The molecule has 0 amide bonds. The Labute approximate surface area is 158 Å². The lowest BCUT2D eigenvalue weighted by Gasteiger charge is -2.31. The van der Waals surface area contributed by atoms with Gasteiger partial charge in [-0.2, -0.15) is 0 Å². The molecule has 0 aromatic heterocycles. The third-order valence-electron chi connectivity index (χ3n) is 5.48. The van der Waals surface area contributed by atoms with Gasteiger partial charge in [0.15, 0.2) is 5.78 Å². The lowest BCUT2D eigenvalue weighted by molar-refractivity contribution is -0.110. The highest BCUT2D eigenvalue weighted by Crippen LogP contribution is 2.39. The summed E-state index contributed by atoms with van der Waals surface area (Å²) in [5.74, 6) is 0.0344. The molecule has 0 aliphatic heterocycles. The van der Waals surface area contributed by atoms with E-state index in [1.165, 1.54) is 21.5 Å². The van der Waals surface area contributed by atoms with Gasteiger partial charge in [0.25, 0.3) is 0 Å². The number of carbonyl (C=O) groups excluding carboxylic acids is 1. The first-order chi connectivity index (χ1) is 13.2. The molecule has 1 nitrogen and oxygen atoms in total. The molecule has 0 bridgehead atoms. The van der Waals surface area contributed by atoms with Crippen LogP contribution < -0.4 is 0 Å². The topological polar surface area (TPSA) is 17.1 Å². The smallest absolute Gasteiger partial charge is 0.178 e. The molecule has 4 aromatic carbocycles. The van der Waals surface area contributed by atoms with E-state index in [2.05, 4.69) is 84.9 Å². The van der Waals surface area contributed by atoms with Crippen LogP contribution in [0.5, 0.6) is 0 Å². The fourth-order valence-electron chi connectivity index (χ4n) is 3.98. The molecule has 0 heterocycles. The molecule has 27 heavy (non-hydrogen) atoms. The SMILES string of the molecule is O=C1C=CC(c2ccc3ccccc3c2)(c2ccc3ccccc3c2)C=C1. The van der Waals surface area contributed by atoms with Crippen molar-refractivity contribution in [2.75, 3.05) is 0 Å². The van der Waals surface area contributed by atoms with Gasteiger partial charge in [-0.25, -0.2) is 0 Å². The van der Waals surface area contributed by atoms with E-state index in [1.54, 1.807) is 12.2 Å². The van der Waals surface area contributed by atoms with Crippen molar-refractivity contribution in [2.45, 2.75) is 5.41 Å². The van der Waals surface area contributed by atoms with E-state index in [4.69, 9.17) is 0 Å². The number of carbonyl (C=O) groups is 1. The first kappa shape index (κ1) is 15.8. The summed E-state index contributed by atoms with van der Waals surface area (Å²) in [7, 11) is 0. The van der Waals surface area contributed by atoms with Crippen LogP contribution in [-0.4, -0.2) is 5.78 Å². The Balaban J connectivity index is 1.77. The summed E-state index contributed by atoms with van der Waals surface area (Å²) in [6.07, 6.45) is 7.43. The maximum atomic E-state index is 11.9. The average Bonchev–Trinajstić information content (AvgIpc) is 2.74. The Morgan fingerprint density at radius 3 is 1.44 bits per heavy atom. The van der Waals surface area contributed by atoms with Gasteiger partial charge in [0.2, 0.25) is 0 Å². The molecule has 0 saturated heterocycles. The highest BCUT2D eigenvalue weighted by Gasteiger charge is 2.31. The molecule has 1 aliphatic carbocycles. The van der Waals surface area contributed by atoms with Crippen LogP contribution in [0.15, 0.2) is 109 Å². The Kier molecular flexibility index (Phi) is 3.54. The lowest BCUT2D eigenvalue weighted by atomic mass is 9.71. The summed E-state index contributed by atoms with van der Waals surface area (Å²) in [6, 6.07) is 29.9.